The lowest BCUT2D eigenvalue weighted by Gasteiger charge is -2.52. The molecule has 0 aliphatic carbocycles. The molecule has 1 saturated heterocycles. The molecule has 94 valence electrons. The second kappa shape index (κ2) is 3.85. The summed E-state index contributed by atoms with van der Waals surface area (Å²) < 4.78 is 24.2. The van der Waals surface area contributed by atoms with E-state index in [9.17, 15) is 14.3 Å². The van der Waals surface area contributed by atoms with E-state index in [-0.39, 0.29) is 13.2 Å². The van der Waals surface area contributed by atoms with E-state index in [4.69, 9.17) is 10.5 Å². The van der Waals surface area contributed by atoms with E-state index in [1.54, 1.807) is 20.8 Å². The second-order valence-corrected chi connectivity index (χ2v) is 5.18. The van der Waals surface area contributed by atoms with E-state index in [1.165, 1.54) is 0 Å². The molecule has 0 spiro atoms. The topological polar surface area (TPSA) is 81.8 Å². The van der Waals surface area contributed by atoms with Crippen molar-refractivity contribution in [1.29, 1.82) is 0 Å². The molecule has 1 aliphatic rings. The Bertz CT molecular complexity index is 285. The first-order valence-corrected chi connectivity index (χ1v) is 5.04. The van der Waals surface area contributed by atoms with Crippen molar-refractivity contribution in [3.05, 3.63) is 0 Å². The maximum atomic E-state index is 14.8. The van der Waals surface area contributed by atoms with Gasteiger partial charge in [0.15, 0.2) is 5.67 Å². The number of alkyl halides is 1. The Balaban J connectivity index is 2.89. The third kappa shape index (κ3) is 1.99. The SMILES string of the molecule is CC(C)(C)C(F)(COC(N)=O)C1(O)COC1. The van der Waals surface area contributed by atoms with Gasteiger partial charge < -0.3 is 20.3 Å². The number of nitrogens with two attached hydrogens (primary N) is 1. The highest BCUT2D eigenvalue weighted by molar-refractivity contribution is 5.64. The van der Waals surface area contributed by atoms with Crippen LogP contribution in [0.3, 0.4) is 0 Å². The predicted molar refractivity (Wildman–Crippen MR) is 54.6 cm³/mol. The molecule has 0 aromatic rings. The minimum Gasteiger partial charge on any atom is -0.446 e. The molecule has 0 aromatic carbocycles. The Morgan fingerprint density at radius 1 is 1.56 bits per heavy atom. The van der Waals surface area contributed by atoms with Crippen LogP contribution < -0.4 is 5.73 Å². The van der Waals surface area contributed by atoms with Gasteiger partial charge in [-0.05, 0) is 0 Å². The van der Waals surface area contributed by atoms with Crippen LogP contribution in [0.5, 0.6) is 0 Å². The summed E-state index contributed by atoms with van der Waals surface area (Å²) in [5.74, 6) is 0. The highest BCUT2D eigenvalue weighted by Crippen LogP contribution is 2.46. The zero-order valence-corrected chi connectivity index (χ0v) is 9.75. The first-order valence-electron chi connectivity index (χ1n) is 5.04. The predicted octanol–water partition coefficient (Wildman–Crippen LogP) is 0.597. The number of primary amides is 1. The number of amides is 1. The number of ether oxygens (including phenoxy) is 2. The number of hydrogen-bond acceptors (Lipinski definition) is 4. The average molecular weight is 235 g/mol. The highest BCUT2D eigenvalue weighted by Gasteiger charge is 2.63. The molecule has 1 aliphatic heterocycles. The van der Waals surface area contributed by atoms with Gasteiger partial charge in [0.2, 0.25) is 0 Å². The monoisotopic (exact) mass is 235 g/mol. The average Bonchev–Trinajstić information content (AvgIpc) is 2.08. The van der Waals surface area contributed by atoms with Crippen molar-refractivity contribution in [2.45, 2.75) is 32.0 Å². The van der Waals surface area contributed by atoms with Crippen LogP contribution in [0.25, 0.3) is 0 Å². The number of aliphatic hydroxyl groups is 1. The molecule has 0 radical (unpaired) electrons. The van der Waals surface area contributed by atoms with Gasteiger partial charge >= 0.3 is 6.09 Å². The lowest BCUT2D eigenvalue weighted by molar-refractivity contribution is -0.278. The molecule has 0 aromatic heterocycles. The van der Waals surface area contributed by atoms with Crippen molar-refractivity contribution in [2.24, 2.45) is 11.1 Å². The summed E-state index contributed by atoms with van der Waals surface area (Å²) in [7, 11) is 0. The van der Waals surface area contributed by atoms with E-state index in [1.807, 2.05) is 0 Å². The standard InChI is InChI=1S/C10H18FNO4/c1-8(2,3)10(11,6-16-7(12)13)9(14)4-15-5-9/h14H,4-6H2,1-3H3,(H2,12,13). The van der Waals surface area contributed by atoms with E-state index < -0.39 is 29.4 Å². The van der Waals surface area contributed by atoms with E-state index in [0.717, 1.165) is 0 Å². The third-order valence-electron chi connectivity index (χ3n) is 3.02. The lowest BCUT2D eigenvalue weighted by Crippen LogP contribution is -2.70. The minimum absolute atomic E-state index is 0.108. The van der Waals surface area contributed by atoms with Crippen LogP contribution in [0, 0.1) is 5.41 Å². The summed E-state index contributed by atoms with van der Waals surface area (Å²) in [6.45, 7) is 4.06. The fourth-order valence-electron chi connectivity index (χ4n) is 1.74. The van der Waals surface area contributed by atoms with Crippen LogP contribution in [0.1, 0.15) is 20.8 Å². The van der Waals surface area contributed by atoms with Crippen LogP contribution in [-0.4, -0.2) is 42.3 Å². The molecule has 1 fully saturated rings. The quantitative estimate of drug-likeness (QED) is 0.750. The first-order chi connectivity index (χ1) is 7.12. The zero-order valence-electron chi connectivity index (χ0n) is 9.75. The smallest absolute Gasteiger partial charge is 0.404 e. The van der Waals surface area contributed by atoms with Crippen molar-refractivity contribution < 1.29 is 23.8 Å². The molecule has 16 heavy (non-hydrogen) atoms. The number of carbonyl (C=O) groups excluding carboxylic acids is 1. The number of hydrogen-bond donors (Lipinski definition) is 2. The van der Waals surface area contributed by atoms with Gasteiger partial charge in [0.1, 0.15) is 12.2 Å². The summed E-state index contributed by atoms with van der Waals surface area (Å²) in [6, 6.07) is 0. The zero-order chi connectivity index (χ0) is 12.6. The van der Waals surface area contributed by atoms with Gasteiger partial charge in [-0.25, -0.2) is 9.18 Å². The molecular formula is C10H18FNO4. The van der Waals surface area contributed by atoms with Crippen LogP contribution >= 0.6 is 0 Å². The maximum Gasteiger partial charge on any atom is 0.404 e. The molecule has 0 saturated carbocycles. The molecule has 5 nitrogen and oxygen atoms in total. The van der Waals surface area contributed by atoms with Crippen molar-refractivity contribution in [3.63, 3.8) is 0 Å². The van der Waals surface area contributed by atoms with Crippen molar-refractivity contribution in [2.75, 3.05) is 19.8 Å². The summed E-state index contributed by atoms with van der Waals surface area (Å²) >= 11 is 0. The second-order valence-electron chi connectivity index (χ2n) is 5.18. The van der Waals surface area contributed by atoms with Crippen molar-refractivity contribution in [1.82, 2.24) is 0 Å². The van der Waals surface area contributed by atoms with Crippen LogP contribution in [0.4, 0.5) is 9.18 Å². The lowest BCUT2D eigenvalue weighted by atomic mass is 9.67. The Morgan fingerprint density at radius 3 is 2.31 bits per heavy atom. The van der Waals surface area contributed by atoms with Gasteiger partial charge in [-0.15, -0.1) is 0 Å². The minimum atomic E-state index is -2.09. The number of rotatable bonds is 3. The number of carbonyl (C=O) groups is 1. The molecule has 1 rings (SSSR count). The van der Waals surface area contributed by atoms with Gasteiger partial charge in [0.05, 0.1) is 13.2 Å². The van der Waals surface area contributed by atoms with Crippen LogP contribution in [0.15, 0.2) is 0 Å². The van der Waals surface area contributed by atoms with Gasteiger partial charge in [0, 0.05) is 5.41 Å². The highest BCUT2D eigenvalue weighted by atomic mass is 19.1. The van der Waals surface area contributed by atoms with Gasteiger partial charge in [-0.2, -0.15) is 0 Å². The first kappa shape index (κ1) is 13.2. The van der Waals surface area contributed by atoms with Gasteiger partial charge in [-0.1, -0.05) is 20.8 Å². The summed E-state index contributed by atoms with van der Waals surface area (Å²) in [5.41, 5.74) is 0.189. The molecule has 1 atom stereocenters. The molecule has 1 unspecified atom stereocenters. The van der Waals surface area contributed by atoms with Crippen LogP contribution in [-0.2, 0) is 9.47 Å². The summed E-state index contributed by atoms with van der Waals surface area (Å²) in [4.78, 5) is 10.5. The normalized spacial score (nSPS) is 23.1. The van der Waals surface area contributed by atoms with Crippen molar-refractivity contribution in [3.8, 4) is 0 Å². The fourth-order valence-corrected chi connectivity index (χ4v) is 1.74. The largest absolute Gasteiger partial charge is 0.446 e. The molecular weight excluding hydrogens is 217 g/mol. The third-order valence-corrected chi connectivity index (χ3v) is 3.02. The molecule has 0 bridgehead atoms. The van der Waals surface area contributed by atoms with Crippen molar-refractivity contribution >= 4 is 6.09 Å². The van der Waals surface area contributed by atoms with Gasteiger partial charge in [-0.3, -0.25) is 0 Å². The summed E-state index contributed by atoms with van der Waals surface area (Å²) in [5, 5.41) is 10.0. The maximum absolute atomic E-state index is 14.8. The Kier molecular flexibility index (Phi) is 3.17. The van der Waals surface area contributed by atoms with E-state index in [0.29, 0.717) is 0 Å². The van der Waals surface area contributed by atoms with E-state index in [2.05, 4.69) is 4.74 Å². The van der Waals surface area contributed by atoms with Crippen LogP contribution in [0.2, 0.25) is 0 Å². The summed E-state index contributed by atoms with van der Waals surface area (Å²) in [6.07, 6.45) is -1.06. The number of halogens is 1. The molecule has 3 N–H and O–H groups in total. The Morgan fingerprint density at radius 2 is 2.06 bits per heavy atom. The Labute approximate surface area is 93.7 Å². The Hall–Kier alpha value is -0.880. The molecule has 1 heterocycles. The molecule has 6 heteroatoms. The van der Waals surface area contributed by atoms with E-state index >= 15 is 0 Å². The fraction of sp³-hybridized carbons (Fsp3) is 0.900. The van der Waals surface area contributed by atoms with Gasteiger partial charge in [0.25, 0.3) is 0 Å². The molecule has 1 amide bonds.